The lowest BCUT2D eigenvalue weighted by atomic mass is 10.2. The zero-order valence-corrected chi connectivity index (χ0v) is 9.19. The lowest BCUT2D eigenvalue weighted by Crippen LogP contribution is -2.01. The molecule has 4 heteroatoms. The number of benzene rings is 1. The van der Waals surface area contributed by atoms with Gasteiger partial charge in [0.05, 0.1) is 12.0 Å². The first kappa shape index (κ1) is 11.0. The van der Waals surface area contributed by atoms with Crippen LogP contribution >= 0.6 is 0 Å². The molecule has 86 valence electrons. The van der Waals surface area contributed by atoms with Gasteiger partial charge in [-0.3, -0.25) is 0 Å². The molecule has 0 unspecified atom stereocenters. The van der Waals surface area contributed by atoms with E-state index >= 15 is 0 Å². The first-order chi connectivity index (χ1) is 7.92. The van der Waals surface area contributed by atoms with Crippen molar-refractivity contribution in [3.8, 4) is 5.88 Å². The average molecular weight is 220 g/mol. The van der Waals surface area contributed by atoms with Gasteiger partial charge in [0.2, 0.25) is 0 Å². The molecule has 4 nitrogen and oxygen atoms in total. The first-order valence-corrected chi connectivity index (χ1v) is 5.59. The summed E-state index contributed by atoms with van der Waals surface area (Å²) in [5, 5.41) is 4.82. The molecule has 16 heavy (non-hydrogen) atoms. The molecule has 0 aliphatic rings. The van der Waals surface area contributed by atoms with Crippen molar-refractivity contribution in [2.75, 3.05) is 13.2 Å². The van der Waals surface area contributed by atoms with Gasteiger partial charge in [-0.2, -0.15) is 0 Å². The number of nitrogens with zero attached hydrogens (tertiary/aromatic N) is 1. The van der Waals surface area contributed by atoms with E-state index in [0.29, 0.717) is 12.5 Å². The summed E-state index contributed by atoms with van der Waals surface area (Å²) in [4.78, 5) is 0. The van der Waals surface area contributed by atoms with Crippen LogP contribution in [0.2, 0.25) is 0 Å². The fourth-order valence-corrected chi connectivity index (χ4v) is 1.56. The van der Waals surface area contributed by atoms with Gasteiger partial charge in [0.15, 0.2) is 5.58 Å². The number of fused-ring (bicyclic) bond motifs is 1. The van der Waals surface area contributed by atoms with Crippen molar-refractivity contribution >= 4 is 11.0 Å². The van der Waals surface area contributed by atoms with E-state index in [1.165, 1.54) is 0 Å². The molecule has 2 rings (SSSR count). The second-order valence-corrected chi connectivity index (χ2v) is 3.68. The van der Waals surface area contributed by atoms with Crippen molar-refractivity contribution in [3.05, 3.63) is 24.3 Å². The molecule has 0 amide bonds. The largest absolute Gasteiger partial charge is 0.475 e. The highest BCUT2D eigenvalue weighted by molar-refractivity contribution is 5.81. The van der Waals surface area contributed by atoms with Crippen molar-refractivity contribution in [2.45, 2.75) is 19.3 Å². The van der Waals surface area contributed by atoms with Crippen molar-refractivity contribution in [2.24, 2.45) is 5.73 Å². The number of nitrogens with two attached hydrogens (primary N) is 1. The minimum atomic E-state index is 0.586. The minimum Gasteiger partial charge on any atom is -0.475 e. The van der Waals surface area contributed by atoms with Gasteiger partial charge in [0.1, 0.15) is 0 Å². The molecule has 0 aliphatic carbocycles. The molecule has 0 aliphatic heterocycles. The predicted molar refractivity (Wildman–Crippen MR) is 62.4 cm³/mol. The van der Waals surface area contributed by atoms with Crippen LogP contribution < -0.4 is 10.5 Å². The van der Waals surface area contributed by atoms with Crippen LogP contribution in [0, 0.1) is 0 Å². The molecule has 0 saturated heterocycles. The molecule has 1 aromatic heterocycles. The smallest absolute Gasteiger partial charge is 0.262 e. The summed E-state index contributed by atoms with van der Waals surface area (Å²) in [6, 6.07) is 7.68. The number of hydrogen-bond donors (Lipinski definition) is 1. The minimum absolute atomic E-state index is 0.586. The number of aromatic nitrogens is 1. The van der Waals surface area contributed by atoms with Gasteiger partial charge in [-0.05, 0) is 43.1 Å². The summed E-state index contributed by atoms with van der Waals surface area (Å²) >= 11 is 0. The number of rotatable bonds is 6. The monoisotopic (exact) mass is 220 g/mol. The third kappa shape index (κ3) is 2.52. The van der Waals surface area contributed by atoms with Crippen LogP contribution in [0.15, 0.2) is 28.8 Å². The van der Waals surface area contributed by atoms with Crippen LogP contribution in [-0.2, 0) is 0 Å². The number of para-hydroxylation sites is 1. The van der Waals surface area contributed by atoms with Gasteiger partial charge in [0.25, 0.3) is 5.88 Å². The molecule has 2 N–H and O–H groups in total. The van der Waals surface area contributed by atoms with Crippen LogP contribution in [0.25, 0.3) is 11.0 Å². The van der Waals surface area contributed by atoms with Crippen LogP contribution in [0.5, 0.6) is 5.88 Å². The molecular formula is C12H16N2O2. The topological polar surface area (TPSA) is 61.3 Å². The van der Waals surface area contributed by atoms with Crippen LogP contribution in [0.3, 0.4) is 0 Å². The molecular weight excluding hydrogens is 204 g/mol. The Balaban J connectivity index is 1.89. The Morgan fingerprint density at radius 2 is 2.06 bits per heavy atom. The quantitative estimate of drug-likeness (QED) is 0.759. The van der Waals surface area contributed by atoms with E-state index in [2.05, 4.69) is 5.16 Å². The lowest BCUT2D eigenvalue weighted by molar-refractivity contribution is 0.276. The number of unbranched alkanes of at least 4 members (excludes halogenated alkanes) is 2. The third-order valence-corrected chi connectivity index (χ3v) is 2.43. The SMILES string of the molecule is NCCCCCOc1noc2ccccc12. The van der Waals surface area contributed by atoms with Crippen molar-refractivity contribution in [1.29, 1.82) is 0 Å². The number of hydrogen-bond acceptors (Lipinski definition) is 4. The maximum absolute atomic E-state index is 5.56. The first-order valence-electron chi connectivity index (χ1n) is 5.59. The Morgan fingerprint density at radius 1 is 1.19 bits per heavy atom. The summed E-state index contributed by atoms with van der Waals surface area (Å²) in [5.41, 5.74) is 6.17. The normalized spacial score (nSPS) is 10.8. The second-order valence-electron chi connectivity index (χ2n) is 3.68. The molecule has 0 atom stereocenters. The van der Waals surface area contributed by atoms with E-state index in [9.17, 15) is 0 Å². The highest BCUT2D eigenvalue weighted by atomic mass is 16.5. The summed E-state index contributed by atoms with van der Waals surface area (Å²) in [6.07, 6.45) is 3.13. The van der Waals surface area contributed by atoms with Gasteiger partial charge >= 0.3 is 0 Å². The van der Waals surface area contributed by atoms with Crippen LogP contribution in [-0.4, -0.2) is 18.3 Å². The van der Waals surface area contributed by atoms with Crippen molar-refractivity contribution in [3.63, 3.8) is 0 Å². The third-order valence-electron chi connectivity index (χ3n) is 2.43. The maximum Gasteiger partial charge on any atom is 0.262 e. The van der Waals surface area contributed by atoms with E-state index < -0.39 is 0 Å². The standard InChI is InChI=1S/C12H16N2O2/c13-8-4-1-5-9-15-12-10-6-2-3-7-11(10)16-14-12/h2-3,6-7H,1,4-5,8-9,13H2. The van der Waals surface area contributed by atoms with Gasteiger partial charge in [0, 0.05) is 0 Å². The van der Waals surface area contributed by atoms with Crippen molar-refractivity contribution < 1.29 is 9.26 Å². The van der Waals surface area contributed by atoms with E-state index in [1.54, 1.807) is 0 Å². The fraction of sp³-hybridized carbons (Fsp3) is 0.417. The molecule has 0 fully saturated rings. The van der Waals surface area contributed by atoms with Gasteiger partial charge in [-0.1, -0.05) is 12.1 Å². The Kier molecular flexibility index (Phi) is 3.77. The molecule has 0 bridgehead atoms. The Bertz CT molecular complexity index is 439. The molecule has 1 aromatic carbocycles. The van der Waals surface area contributed by atoms with Crippen LogP contribution in [0.4, 0.5) is 0 Å². The molecule has 0 spiro atoms. The van der Waals surface area contributed by atoms with E-state index in [4.69, 9.17) is 15.0 Å². The summed E-state index contributed by atoms with van der Waals surface area (Å²) in [7, 11) is 0. The zero-order chi connectivity index (χ0) is 11.2. The lowest BCUT2D eigenvalue weighted by Gasteiger charge is -2.01. The van der Waals surface area contributed by atoms with E-state index in [-0.39, 0.29) is 0 Å². The van der Waals surface area contributed by atoms with Gasteiger partial charge in [-0.15, -0.1) is 0 Å². The van der Waals surface area contributed by atoms with E-state index in [1.807, 2.05) is 24.3 Å². The molecule has 0 saturated carbocycles. The fourth-order valence-electron chi connectivity index (χ4n) is 1.56. The molecule has 1 heterocycles. The Labute approximate surface area is 94.4 Å². The highest BCUT2D eigenvalue weighted by Gasteiger charge is 2.07. The van der Waals surface area contributed by atoms with Gasteiger partial charge < -0.3 is 15.0 Å². The molecule has 0 radical (unpaired) electrons. The maximum atomic E-state index is 5.56. The van der Waals surface area contributed by atoms with Gasteiger partial charge in [-0.25, -0.2) is 0 Å². The predicted octanol–water partition coefficient (Wildman–Crippen LogP) is 2.34. The Morgan fingerprint density at radius 3 is 2.94 bits per heavy atom. The number of ether oxygens (including phenoxy) is 1. The average Bonchev–Trinajstić information content (AvgIpc) is 2.73. The Hall–Kier alpha value is -1.55. The van der Waals surface area contributed by atoms with Crippen molar-refractivity contribution in [1.82, 2.24) is 5.16 Å². The van der Waals surface area contributed by atoms with E-state index in [0.717, 1.165) is 36.8 Å². The summed E-state index contributed by atoms with van der Waals surface area (Å²) in [5.74, 6) is 0.586. The second kappa shape index (κ2) is 5.51. The zero-order valence-electron chi connectivity index (χ0n) is 9.19. The highest BCUT2D eigenvalue weighted by Crippen LogP contribution is 2.24. The summed E-state index contributed by atoms with van der Waals surface area (Å²) < 4.78 is 10.7. The summed E-state index contributed by atoms with van der Waals surface area (Å²) in [6.45, 7) is 1.41. The van der Waals surface area contributed by atoms with Crippen LogP contribution in [0.1, 0.15) is 19.3 Å². The molecule has 2 aromatic rings.